The maximum absolute atomic E-state index is 12.8. The monoisotopic (exact) mass is 344 g/mol. The van der Waals surface area contributed by atoms with E-state index in [1.54, 1.807) is 24.3 Å². The third-order valence-electron chi connectivity index (χ3n) is 4.94. The van der Waals surface area contributed by atoms with Crippen LogP contribution in [0.4, 0.5) is 5.69 Å². The van der Waals surface area contributed by atoms with Crippen molar-refractivity contribution in [3.63, 3.8) is 0 Å². The van der Waals surface area contributed by atoms with Crippen molar-refractivity contribution in [1.82, 2.24) is 10.3 Å². The van der Waals surface area contributed by atoms with Crippen molar-refractivity contribution in [3.05, 3.63) is 29.8 Å². The van der Waals surface area contributed by atoms with Crippen LogP contribution in [0.2, 0.25) is 0 Å². The molecule has 2 aliphatic rings. The molecule has 2 unspecified atom stereocenters. The number of carbonyl (C=O) groups is 3. The zero-order chi connectivity index (χ0) is 18.0. The first-order valence-corrected chi connectivity index (χ1v) is 8.73. The molecule has 0 bridgehead atoms. The summed E-state index contributed by atoms with van der Waals surface area (Å²) in [4.78, 5) is 38.1. The van der Waals surface area contributed by atoms with E-state index in [0.717, 1.165) is 12.8 Å². The van der Waals surface area contributed by atoms with Gasteiger partial charge in [-0.3, -0.25) is 19.8 Å². The van der Waals surface area contributed by atoms with Gasteiger partial charge in [0.15, 0.2) is 0 Å². The van der Waals surface area contributed by atoms with E-state index in [1.165, 1.54) is 5.01 Å². The Hall–Kier alpha value is -2.41. The van der Waals surface area contributed by atoms with Crippen molar-refractivity contribution < 1.29 is 14.4 Å². The van der Waals surface area contributed by atoms with Crippen molar-refractivity contribution in [3.8, 4) is 0 Å². The first kappa shape index (κ1) is 17.4. The fourth-order valence-electron chi connectivity index (χ4n) is 3.45. The van der Waals surface area contributed by atoms with Crippen LogP contribution in [0, 0.1) is 5.92 Å². The van der Waals surface area contributed by atoms with Crippen molar-refractivity contribution in [2.45, 2.75) is 38.6 Å². The summed E-state index contributed by atoms with van der Waals surface area (Å²) in [6.45, 7) is 3.36. The van der Waals surface area contributed by atoms with E-state index in [4.69, 9.17) is 5.73 Å². The minimum Gasteiger partial charge on any atom is -0.334 e. The van der Waals surface area contributed by atoms with E-state index < -0.39 is 0 Å². The van der Waals surface area contributed by atoms with Crippen LogP contribution in [0.5, 0.6) is 0 Å². The second kappa shape index (κ2) is 7.23. The summed E-state index contributed by atoms with van der Waals surface area (Å²) < 4.78 is 0. The lowest BCUT2D eigenvalue weighted by Crippen LogP contribution is -2.50. The van der Waals surface area contributed by atoms with Gasteiger partial charge in [0.25, 0.3) is 5.91 Å². The quantitative estimate of drug-likeness (QED) is 0.856. The number of amides is 3. The van der Waals surface area contributed by atoms with Gasteiger partial charge in [-0.2, -0.15) is 0 Å². The highest BCUT2D eigenvalue weighted by molar-refractivity contribution is 6.01. The molecule has 1 aromatic carbocycles. The summed E-state index contributed by atoms with van der Waals surface area (Å²) >= 11 is 0. The maximum Gasteiger partial charge on any atom is 0.254 e. The molecule has 2 fully saturated rings. The van der Waals surface area contributed by atoms with Crippen LogP contribution in [-0.4, -0.2) is 41.8 Å². The van der Waals surface area contributed by atoms with Gasteiger partial charge in [0.2, 0.25) is 11.8 Å². The summed E-state index contributed by atoms with van der Waals surface area (Å²) in [5, 5.41) is 1.24. The Balaban J connectivity index is 1.74. The smallest absolute Gasteiger partial charge is 0.254 e. The van der Waals surface area contributed by atoms with E-state index in [9.17, 15) is 14.4 Å². The molecule has 0 saturated carbocycles. The lowest BCUT2D eigenvalue weighted by molar-refractivity contribution is -0.130. The molecule has 0 aliphatic carbocycles. The Morgan fingerprint density at radius 1 is 1.24 bits per heavy atom. The molecule has 0 aromatic heterocycles. The summed E-state index contributed by atoms with van der Waals surface area (Å²) in [6.07, 6.45) is 2.31. The lowest BCUT2D eigenvalue weighted by Gasteiger charge is -2.38. The van der Waals surface area contributed by atoms with E-state index in [2.05, 4.69) is 12.3 Å². The number of nitrogens with two attached hydrogens (primary N) is 1. The van der Waals surface area contributed by atoms with E-state index in [-0.39, 0.29) is 36.6 Å². The molecular formula is C18H24N4O3. The molecule has 3 rings (SSSR count). The number of piperidine rings is 1. The number of benzene rings is 1. The first-order chi connectivity index (χ1) is 12.0. The molecule has 134 valence electrons. The normalized spacial score (nSPS) is 24.2. The number of anilines is 1. The molecule has 0 radical (unpaired) electrons. The molecule has 2 heterocycles. The number of hydrazine groups is 1. The summed E-state index contributed by atoms with van der Waals surface area (Å²) in [5.41, 5.74) is 9.51. The SMILES string of the molecule is CC1CCN(C(=O)c2ccc(N3NC(=O)CCC3=O)cc2)C(CN)C1. The number of hydrogen-bond donors (Lipinski definition) is 2. The molecule has 3 amide bonds. The minimum absolute atomic E-state index is 0.0390. The average molecular weight is 344 g/mol. The minimum atomic E-state index is -0.187. The summed E-state index contributed by atoms with van der Waals surface area (Å²) in [6, 6.07) is 6.81. The Kier molecular flexibility index (Phi) is 5.03. The van der Waals surface area contributed by atoms with E-state index in [1.807, 2.05) is 4.90 Å². The average Bonchev–Trinajstić information content (AvgIpc) is 2.63. The van der Waals surface area contributed by atoms with Gasteiger partial charge in [0.05, 0.1) is 5.69 Å². The highest BCUT2D eigenvalue weighted by Gasteiger charge is 2.30. The Morgan fingerprint density at radius 3 is 2.64 bits per heavy atom. The molecule has 1 aromatic rings. The number of rotatable bonds is 3. The predicted molar refractivity (Wildman–Crippen MR) is 93.6 cm³/mol. The molecule has 2 saturated heterocycles. The molecule has 2 aliphatic heterocycles. The van der Waals surface area contributed by atoms with Crippen LogP contribution < -0.4 is 16.2 Å². The maximum atomic E-state index is 12.8. The van der Waals surface area contributed by atoms with Crippen LogP contribution in [0.1, 0.15) is 43.0 Å². The fourth-order valence-corrected chi connectivity index (χ4v) is 3.45. The third kappa shape index (κ3) is 3.66. The van der Waals surface area contributed by atoms with Crippen molar-refractivity contribution in [2.24, 2.45) is 11.7 Å². The van der Waals surface area contributed by atoms with E-state index in [0.29, 0.717) is 30.3 Å². The number of nitrogens with one attached hydrogen (secondary N) is 1. The Bertz CT molecular complexity index is 673. The standard InChI is InChI=1S/C18H24N4O3/c1-12-8-9-21(15(10-12)11-19)18(25)13-2-4-14(5-3-13)22-17(24)7-6-16(23)20-22/h2-5,12,15H,6-11,19H2,1H3,(H,20,23). The van der Waals surface area contributed by atoms with Crippen LogP contribution in [0.25, 0.3) is 0 Å². The number of nitrogens with zero attached hydrogens (tertiary/aromatic N) is 2. The summed E-state index contributed by atoms with van der Waals surface area (Å²) in [7, 11) is 0. The molecule has 7 heteroatoms. The number of carbonyl (C=O) groups excluding carboxylic acids is 3. The second-order valence-electron chi connectivity index (χ2n) is 6.83. The fraction of sp³-hybridized carbons (Fsp3) is 0.500. The van der Waals surface area contributed by atoms with Gasteiger partial charge in [-0.15, -0.1) is 0 Å². The van der Waals surface area contributed by atoms with E-state index >= 15 is 0 Å². The van der Waals surface area contributed by atoms with Gasteiger partial charge in [-0.05, 0) is 43.0 Å². The van der Waals surface area contributed by atoms with Gasteiger partial charge >= 0.3 is 0 Å². The van der Waals surface area contributed by atoms with Gasteiger partial charge < -0.3 is 10.6 Å². The molecule has 7 nitrogen and oxygen atoms in total. The van der Waals surface area contributed by atoms with Gasteiger partial charge in [-0.1, -0.05) is 6.92 Å². The Labute approximate surface area is 147 Å². The number of likely N-dealkylation sites (tertiary alicyclic amines) is 1. The van der Waals surface area contributed by atoms with Crippen LogP contribution >= 0.6 is 0 Å². The van der Waals surface area contributed by atoms with Crippen molar-refractivity contribution >= 4 is 23.4 Å². The van der Waals surface area contributed by atoms with Crippen LogP contribution in [0.3, 0.4) is 0 Å². The van der Waals surface area contributed by atoms with Crippen LogP contribution in [-0.2, 0) is 9.59 Å². The largest absolute Gasteiger partial charge is 0.334 e. The Morgan fingerprint density at radius 2 is 1.96 bits per heavy atom. The molecule has 3 N–H and O–H groups in total. The zero-order valence-electron chi connectivity index (χ0n) is 14.4. The predicted octanol–water partition coefficient (Wildman–Crippen LogP) is 1.04. The molecule has 2 atom stereocenters. The van der Waals surface area contributed by atoms with Gasteiger partial charge in [0, 0.05) is 37.5 Å². The molecule has 0 spiro atoms. The lowest BCUT2D eigenvalue weighted by atomic mass is 9.92. The van der Waals surface area contributed by atoms with Gasteiger partial charge in [0.1, 0.15) is 0 Å². The van der Waals surface area contributed by atoms with Crippen molar-refractivity contribution in [1.29, 1.82) is 0 Å². The zero-order valence-corrected chi connectivity index (χ0v) is 14.4. The highest BCUT2D eigenvalue weighted by atomic mass is 16.2. The first-order valence-electron chi connectivity index (χ1n) is 8.73. The second-order valence-corrected chi connectivity index (χ2v) is 6.83. The van der Waals surface area contributed by atoms with Crippen molar-refractivity contribution in [2.75, 3.05) is 18.1 Å². The summed E-state index contributed by atoms with van der Waals surface area (Å²) in [5.74, 6) is 0.191. The van der Waals surface area contributed by atoms with Gasteiger partial charge in [-0.25, -0.2) is 5.01 Å². The third-order valence-corrected chi connectivity index (χ3v) is 4.94. The number of hydrogen-bond acceptors (Lipinski definition) is 4. The topological polar surface area (TPSA) is 95.7 Å². The molecular weight excluding hydrogens is 320 g/mol. The molecule has 25 heavy (non-hydrogen) atoms. The highest BCUT2D eigenvalue weighted by Crippen LogP contribution is 2.25. The van der Waals surface area contributed by atoms with Crippen LogP contribution in [0.15, 0.2) is 24.3 Å².